The highest BCUT2D eigenvalue weighted by Gasteiger charge is 2.04. The first kappa shape index (κ1) is 8.02. The zero-order chi connectivity index (χ0) is 8.10. The third-order valence-electron chi connectivity index (χ3n) is 1.46. The molecule has 0 atom stereocenters. The van der Waals surface area contributed by atoms with Crippen molar-refractivity contribution < 1.29 is 4.74 Å². The van der Waals surface area contributed by atoms with Gasteiger partial charge in [0.25, 0.3) is 0 Å². The van der Waals surface area contributed by atoms with Crippen LogP contribution in [0.4, 0.5) is 0 Å². The molecule has 0 saturated heterocycles. The predicted octanol–water partition coefficient (Wildman–Crippen LogP) is 2.40. The van der Waals surface area contributed by atoms with Crippen molar-refractivity contribution in [2.75, 3.05) is 7.11 Å². The van der Waals surface area contributed by atoms with Gasteiger partial charge < -0.3 is 4.74 Å². The van der Waals surface area contributed by atoms with Gasteiger partial charge >= 0.3 is 0 Å². The molecule has 1 radical (unpaired) electrons. The Kier molecular flexibility index (Phi) is 2.87. The second-order valence-corrected chi connectivity index (χ2v) is 2.14. The zero-order valence-electron chi connectivity index (χ0n) is 6.58. The van der Waals surface area contributed by atoms with E-state index in [-0.39, 0.29) is 0 Å². The molecular weight excluding hydrogens is 136 g/mol. The van der Waals surface area contributed by atoms with Crippen LogP contribution in [0.5, 0.6) is 0 Å². The van der Waals surface area contributed by atoms with E-state index in [0.717, 1.165) is 11.7 Å². The van der Waals surface area contributed by atoms with E-state index in [1.165, 1.54) is 0 Å². The topological polar surface area (TPSA) is 9.23 Å². The lowest BCUT2D eigenvalue weighted by Crippen LogP contribution is -1.96. The number of methoxy groups -OCH3 is 1. The van der Waals surface area contributed by atoms with Crippen molar-refractivity contribution in [3.63, 3.8) is 0 Å². The highest BCUT2D eigenvalue weighted by atomic mass is 16.5. The molecule has 0 aliphatic heterocycles. The highest BCUT2D eigenvalue weighted by Crippen LogP contribution is 2.14. The highest BCUT2D eigenvalue weighted by molar-refractivity contribution is 5.31. The van der Waals surface area contributed by atoms with Gasteiger partial charge in [-0.2, -0.15) is 0 Å². The van der Waals surface area contributed by atoms with Crippen LogP contribution in [-0.4, -0.2) is 7.11 Å². The van der Waals surface area contributed by atoms with E-state index >= 15 is 0 Å². The molecule has 0 amide bonds. The summed E-state index contributed by atoms with van der Waals surface area (Å²) >= 11 is 0. The standard InChI is InChI=1S/C10H11O/c1-3-10(11-2)9-7-5-4-6-8-9/h3-8H,1H2,2H3. The lowest BCUT2D eigenvalue weighted by molar-refractivity contribution is 0.253. The molecule has 57 valence electrons. The molecule has 0 aromatic heterocycles. The summed E-state index contributed by atoms with van der Waals surface area (Å²) in [5.41, 5.74) is 1.06. The van der Waals surface area contributed by atoms with Crippen molar-refractivity contribution in [1.82, 2.24) is 0 Å². The van der Waals surface area contributed by atoms with Crippen LogP contribution >= 0.6 is 0 Å². The van der Waals surface area contributed by atoms with Crippen LogP contribution in [0.3, 0.4) is 0 Å². The van der Waals surface area contributed by atoms with Gasteiger partial charge in [-0.15, -0.1) is 0 Å². The lowest BCUT2D eigenvalue weighted by atomic mass is 10.1. The Hall–Kier alpha value is -1.08. The van der Waals surface area contributed by atoms with Gasteiger partial charge in [0, 0.05) is 7.11 Å². The number of ether oxygens (including phenoxy) is 1. The average molecular weight is 147 g/mol. The fourth-order valence-corrected chi connectivity index (χ4v) is 0.921. The Morgan fingerprint density at radius 1 is 1.36 bits per heavy atom. The molecule has 1 rings (SSSR count). The molecule has 11 heavy (non-hydrogen) atoms. The smallest absolute Gasteiger partial charge is 0.147 e. The number of benzene rings is 1. The largest absolute Gasteiger partial charge is 0.366 e. The second kappa shape index (κ2) is 3.94. The molecule has 0 bridgehead atoms. The molecule has 1 heteroatoms. The lowest BCUT2D eigenvalue weighted by Gasteiger charge is -2.07. The first-order valence-electron chi connectivity index (χ1n) is 3.47. The maximum absolute atomic E-state index is 5.08. The van der Waals surface area contributed by atoms with E-state index in [0.29, 0.717) is 0 Å². The molecule has 1 aromatic carbocycles. The van der Waals surface area contributed by atoms with E-state index < -0.39 is 0 Å². The fourth-order valence-electron chi connectivity index (χ4n) is 0.921. The van der Waals surface area contributed by atoms with Crippen LogP contribution < -0.4 is 0 Å². The van der Waals surface area contributed by atoms with Gasteiger partial charge in [0.1, 0.15) is 6.10 Å². The summed E-state index contributed by atoms with van der Waals surface area (Å²) in [6.07, 6.45) is 2.51. The summed E-state index contributed by atoms with van der Waals surface area (Å²) in [4.78, 5) is 0. The van der Waals surface area contributed by atoms with Crippen molar-refractivity contribution in [1.29, 1.82) is 0 Å². The first-order chi connectivity index (χ1) is 5.38. The molecule has 0 N–H and O–H groups in total. The average Bonchev–Trinajstić information content (AvgIpc) is 2.09. The SMILES string of the molecule is C=C[C](OC)c1ccccc1. The fraction of sp³-hybridized carbons (Fsp3) is 0.100. The monoisotopic (exact) mass is 147 g/mol. The summed E-state index contributed by atoms with van der Waals surface area (Å²) in [6, 6.07) is 9.89. The van der Waals surface area contributed by atoms with Crippen LogP contribution in [0.1, 0.15) is 5.56 Å². The molecule has 0 heterocycles. The minimum atomic E-state index is 0.811. The summed E-state index contributed by atoms with van der Waals surface area (Å²) in [5.74, 6) is 0. The third kappa shape index (κ3) is 1.92. The Morgan fingerprint density at radius 2 is 2.00 bits per heavy atom. The van der Waals surface area contributed by atoms with Crippen LogP contribution in [0.2, 0.25) is 0 Å². The normalized spacial score (nSPS) is 10.0. The van der Waals surface area contributed by atoms with Crippen molar-refractivity contribution in [2.45, 2.75) is 0 Å². The zero-order valence-corrected chi connectivity index (χ0v) is 6.58. The molecule has 0 fully saturated rings. The van der Waals surface area contributed by atoms with E-state index in [1.807, 2.05) is 30.3 Å². The summed E-state index contributed by atoms with van der Waals surface area (Å²) in [5, 5.41) is 0. The van der Waals surface area contributed by atoms with E-state index in [2.05, 4.69) is 6.58 Å². The van der Waals surface area contributed by atoms with Gasteiger partial charge in [0.15, 0.2) is 0 Å². The van der Waals surface area contributed by atoms with Crippen LogP contribution in [0.15, 0.2) is 43.0 Å². The number of rotatable bonds is 3. The Balaban J connectivity index is 2.82. The van der Waals surface area contributed by atoms with Crippen LogP contribution in [0.25, 0.3) is 0 Å². The van der Waals surface area contributed by atoms with E-state index in [4.69, 9.17) is 4.74 Å². The molecular formula is C10H11O. The number of hydrogen-bond acceptors (Lipinski definition) is 1. The van der Waals surface area contributed by atoms with E-state index in [9.17, 15) is 0 Å². The quantitative estimate of drug-likeness (QED) is 0.638. The van der Waals surface area contributed by atoms with E-state index in [1.54, 1.807) is 13.2 Å². The van der Waals surface area contributed by atoms with Gasteiger partial charge in [0.05, 0.1) is 0 Å². The van der Waals surface area contributed by atoms with Crippen LogP contribution in [0, 0.1) is 6.10 Å². The summed E-state index contributed by atoms with van der Waals surface area (Å²) in [7, 11) is 1.64. The molecule has 1 nitrogen and oxygen atoms in total. The molecule has 0 spiro atoms. The summed E-state index contributed by atoms with van der Waals surface area (Å²) < 4.78 is 5.08. The Morgan fingerprint density at radius 3 is 2.45 bits per heavy atom. The Bertz CT molecular complexity index is 216. The van der Waals surface area contributed by atoms with Gasteiger partial charge in [-0.05, 0) is 5.56 Å². The van der Waals surface area contributed by atoms with Crippen molar-refractivity contribution >= 4 is 0 Å². The third-order valence-corrected chi connectivity index (χ3v) is 1.46. The minimum Gasteiger partial charge on any atom is -0.366 e. The predicted molar refractivity (Wildman–Crippen MR) is 46.0 cm³/mol. The maximum Gasteiger partial charge on any atom is 0.147 e. The molecule has 0 aliphatic carbocycles. The molecule has 1 aromatic rings. The van der Waals surface area contributed by atoms with Crippen molar-refractivity contribution in [2.24, 2.45) is 0 Å². The van der Waals surface area contributed by atoms with Crippen molar-refractivity contribution in [3.05, 3.63) is 54.7 Å². The number of hydrogen-bond donors (Lipinski definition) is 0. The van der Waals surface area contributed by atoms with Crippen molar-refractivity contribution in [3.8, 4) is 0 Å². The minimum absolute atomic E-state index is 0.811. The Labute approximate surface area is 67.3 Å². The van der Waals surface area contributed by atoms with Crippen LogP contribution in [-0.2, 0) is 4.74 Å². The first-order valence-corrected chi connectivity index (χ1v) is 3.47. The molecule has 0 unspecified atom stereocenters. The summed E-state index contributed by atoms with van der Waals surface area (Å²) in [6.45, 7) is 3.65. The second-order valence-electron chi connectivity index (χ2n) is 2.14. The molecule has 0 saturated carbocycles. The van der Waals surface area contributed by atoms with Gasteiger partial charge in [0.2, 0.25) is 0 Å². The molecule has 0 aliphatic rings. The van der Waals surface area contributed by atoms with Gasteiger partial charge in [-0.25, -0.2) is 0 Å². The maximum atomic E-state index is 5.08. The van der Waals surface area contributed by atoms with Gasteiger partial charge in [-0.1, -0.05) is 43.0 Å². The van der Waals surface area contributed by atoms with Gasteiger partial charge in [-0.3, -0.25) is 0 Å².